The third-order valence-electron chi connectivity index (χ3n) is 20.6. The lowest BCUT2D eigenvalue weighted by Crippen LogP contribution is -2.65. The number of nitrogens with one attached hydrogen (secondary N) is 1. The van der Waals surface area contributed by atoms with E-state index in [9.17, 15) is 45.6 Å². The summed E-state index contributed by atoms with van der Waals surface area (Å²) in [4.78, 5) is 13.4. The van der Waals surface area contributed by atoms with Gasteiger partial charge in [0.1, 0.15) is 48.8 Å². The molecule has 576 valence electrons. The summed E-state index contributed by atoms with van der Waals surface area (Å²) >= 11 is 0. The van der Waals surface area contributed by atoms with E-state index in [0.717, 1.165) is 77.0 Å². The van der Waals surface area contributed by atoms with Gasteiger partial charge in [-0.3, -0.25) is 4.79 Å². The van der Waals surface area contributed by atoms with Crippen LogP contribution in [0.3, 0.4) is 0 Å². The highest BCUT2D eigenvalue weighted by atomic mass is 16.7. The van der Waals surface area contributed by atoms with Crippen molar-refractivity contribution in [2.45, 2.75) is 460 Å². The Kier molecular flexibility index (Phi) is 63.9. The number of hydrogen-bond donors (Lipinski definition) is 9. The second-order valence-electron chi connectivity index (χ2n) is 29.6. The maximum Gasteiger partial charge on any atom is 0.220 e. The van der Waals surface area contributed by atoms with Crippen molar-refractivity contribution < 1.29 is 64.6 Å². The summed E-state index contributed by atoms with van der Waals surface area (Å²) in [6.07, 6.45) is 74.5. The fourth-order valence-electron chi connectivity index (χ4n) is 14.0. The standard InChI is InChI=1S/C84H157NO13/c1-3-5-7-9-11-13-15-17-19-21-23-25-27-29-31-33-35-36-38-39-41-43-45-47-49-51-53-55-57-59-61-63-65-67-73(88)72(71-95-83-81(94)79(92)82(75(70-87)97-83)98-84-80(93)78(91)77(90)74(69-86)96-84)85-76(89)68-66-64-62-60-58-56-54-52-50-48-46-44-42-40-37-34-32-30-28-26-24-22-20-18-16-14-12-10-8-6-4-2/h6,8,12,14,18,20,24,26,72-75,77-84,86-88,90-94H,3-5,7,9-11,13,15-17,19,21-23,25,27-71H2,1-2H3,(H,85,89)/b8-6-,14-12-,20-18-,26-24-. The lowest BCUT2D eigenvalue weighted by Gasteiger charge is -2.46. The number of rotatable bonds is 71. The molecule has 2 heterocycles. The lowest BCUT2D eigenvalue weighted by molar-refractivity contribution is -0.359. The fourth-order valence-corrected chi connectivity index (χ4v) is 14.0. The minimum absolute atomic E-state index is 0.200. The zero-order valence-electron chi connectivity index (χ0n) is 63.3. The van der Waals surface area contributed by atoms with Crippen molar-refractivity contribution in [2.24, 2.45) is 0 Å². The van der Waals surface area contributed by atoms with Crippen LogP contribution in [0.1, 0.15) is 386 Å². The van der Waals surface area contributed by atoms with E-state index in [1.54, 1.807) is 0 Å². The van der Waals surface area contributed by atoms with E-state index in [0.29, 0.717) is 12.8 Å². The van der Waals surface area contributed by atoms with Gasteiger partial charge in [0.25, 0.3) is 0 Å². The van der Waals surface area contributed by atoms with Crippen LogP contribution < -0.4 is 5.32 Å². The van der Waals surface area contributed by atoms with Gasteiger partial charge in [-0.1, -0.05) is 377 Å². The number of allylic oxidation sites excluding steroid dienone is 8. The van der Waals surface area contributed by atoms with E-state index < -0.39 is 86.8 Å². The smallest absolute Gasteiger partial charge is 0.220 e. The Morgan fingerprint density at radius 2 is 0.704 bits per heavy atom. The molecule has 2 fully saturated rings. The second kappa shape index (κ2) is 68.1. The highest BCUT2D eigenvalue weighted by molar-refractivity contribution is 5.76. The maximum absolute atomic E-state index is 13.4. The molecule has 2 aliphatic heterocycles. The molecule has 0 aromatic rings. The van der Waals surface area contributed by atoms with Gasteiger partial charge in [0.15, 0.2) is 12.6 Å². The maximum atomic E-state index is 13.4. The zero-order valence-corrected chi connectivity index (χ0v) is 63.3. The van der Waals surface area contributed by atoms with E-state index >= 15 is 0 Å². The highest BCUT2D eigenvalue weighted by Crippen LogP contribution is 2.31. The molecule has 2 saturated heterocycles. The van der Waals surface area contributed by atoms with Crippen LogP contribution in [0.15, 0.2) is 48.6 Å². The van der Waals surface area contributed by atoms with Gasteiger partial charge in [-0.2, -0.15) is 0 Å². The molecule has 2 aliphatic rings. The predicted molar refractivity (Wildman–Crippen MR) is 406 cm³/mol. The van der Waals surface area contributed by atoms with Crippen molar-refractivity contribution in [2.75, 3.05) is 19.8 Å². The summed E-state index contributed by atoms with van der Waals surface area (Å²) in [6, 6.07) is -0.831. The highest BCUT2D eigenvalue weighted by Gasteiger charge is 2.51. The average Bonchev–Trinajstić information content (AvgIpc) is 0.793. The molecule has 0 aliphatic carbocycles. The van der Waals surface area contributed by atoms with E-state index in [1.807, 2.05) is 0 Å². The Labute approximate surface area is 601 Å². The number of amides is 1. The molecule has 14 nitrogen and oxygen atoms in total. The van der Waals surface area contributed by atoms with Crippen molar-refractivity contribution in [1.82, 2.24) is 5.32 Å². The molecule has 0 spiro atoms. The Bertz CT molecular complexity index is 1830. The number of unbranched alkanes of at least 4 members (excludes halogenated alkanes) is 50. The van der Waals surface area contributed by atoms with E-state index in [2.05, 4.69) is 67.8 Å². The van der Waals surface area contributed by atoms with Crippen LogP contribution >= 0.6 is 0 Å². The summed E-state index contributed by atoms with van der Waals surface area (Å²) in [6.45, 7) is 2.82. The Balaban J connectivity index is 1.58. The molecule has 1 amide bonds. The van der Waals surface area contributed by atoms with Crippen LogP contribution in [0.5, 0.6) is 0 Å². The number of carbonyl (C=O) groups is 1. The van der Waals surface area contributed by atoms with Crippen LogP contribution in [0, 0.1) is 0 Å². The number of aliphatic hydroxyl groups excluding tert-OH is 8. The Morgan fingerprint density at radius 1 is 0.378 bits per heavy atom. The summed E-state index contributed by atoms with van der Waals surface area (Å²) in [5.74, 6) is -0.200. The monoisotopic (exact) mass is 1390 g/mol. The molecule has 0 radical (unpaired) electrons. The van der Waals surface area contributed by atoms with Crippen LogP contribution in [0.2, 0.25) is 0 Å². The zero-order chi connectivity index (χ0) is 70.8. The first kappa shape index (κ1) is 92.0. The van der Waals surface area contributed by atoms with Crippen LogP contribution in [0.4, 0.5) is 0 Å². The third kappa shape index (κ3) is 50.4. The second-order valence-corrected chi connectivity index (χ2v) is 29.6. The van der Waals surface area contributed by atoms with E-state index in [4.69, 9.17) is 18.9 Å². The molecule has 98 heavy (non-hydrogen) atoms. The molecule has 0 saturated carbocycles. The van der Waals surface area contributed by atoms with Gasteiger partial charge in [-0.15, -0.1) is 0 Å². The van der Waals surface area contributed by atoms with Crippen molar-refractivity contribution in [3.8, 4) is 0 Å². The topological polar surface area (TPSA) is 228 Å². The van der Waals surface area contributed by atoms with Gasteiger partial charge >= 0.3 is 0 Å². The van der Waals surface area contributed by atoms with Gasteiger partial charge in [-0.25, -0.2) is 0 Å². The summed E-state index contributed by atoms with van der Waals surface area (Å²) in [5.41, 5.74) is 0. The Morgan fingerprint density at radius 3 is 1.08 bits per heavy atom. The number of hydrogen-bond acceptors (Lipinski definition) is 13. The first-order chi connectivity index (χ1) is 48.1. The van der Waals surface area contributed by atoms with Gasteiger partial charge in [0, 0.05) is 6.42 Å². The molecule has 9 N–H and O–H groups in total. The molecular formula is C84H157NO13. The molecule has 0 bridgehead atoms. The quantitative estimate of drug-likeness (QED) is 0.0204. The molecule has 12 unspecified atom stereocenters. The average molecular weight is 1390 g/mol. The first-order valence-corrected chi connectivity index (χ1v) is 41.9. The van der Waals surface area contributed by atoms with Gasteiger partial charge in [0.05, 0.1) is 32.0 Å². The van der Waals surface area contributed by atoms with Crippen molar-refractivity contribution >= 4 is 5.91 Å². The largest absolute Gasteiger partial charge is 0.394 e. The van der Waals surface area contributed by atoms with Gasteiger partial charge in [0.2, 0.25) is 5.91 Å². The van der Waals surface area contributed by atoms with Crippen LogP contribution in [-0.4, -0.2) is 140 Å². The van der Waals surface area contributed by atoms with Gasteiger partial charge in [-0.05, 0) is 51.4 Å². The minimum atomic E-state index is -1.78. The molecule has 0 aromatic carbocycles. The van der Waals surface area contributed by atoms with Crippen LogP contribution in [-0.2, 0) is 23.7 Å². The SMILES string of the molecule is CC/C=C\C/C=C\C/C=C\C/C=C\CCCCCCCCCCCCCCCCCCCCC(=O)NC(COC1OC(CO)C(OC2OC(CO)C(O)C(O)C2O)C(O)C1O)C(O)CCCCCCCCCCCCCCCCCCCCCCCCCCCCCCCCCCC. The fraction of sp³-hybridized carbons (Fsp3) is 0.893. The molecule has 2 rings (SSSR count). The lowest BCUT2D eigenvalue weighted by atomic mass is 9.97. The van der Waals surface area contributed by atoms with Crippen molar-refractivity contribution in [3.05, 3.63) is 48.6 Å². The third-order valence-corrected chi connectivity index (χ3v) is 20.6. The van der Waals surface area contributed by atoms with Crippen molar-refractivity contribution in [1.29, 1.82) is 0 Å². The normalized spacial score (nSPS) is 22.2. The van der Waals surface area contributed by atoms with Gasteiger partial charge < -0.3 is 65.1 Å². The van der Waals surface area contributed by atoms with E-state index in [1.165, 1.54) is 283 Å². The predicted octanol–water partition coefficient (Wildman–Crippen LogP) is 19.4. The molecule has 14 heteroatoms. The number of carbonyl (C=O) groups excluding carboxylic acids is 1. The number of aliphatic hydroxyl groups is 8. The first-order valence-electron chi connectivity index (χ1n) is 41.9. The minimum Gasteiger partial charge on any atom is -0.394 e. The summed E-state index contributed by atoms with van der Waals surface area (Å²) in [7, 11) is 0. The Hall–Kier alpha value is -2.05. The van der Waals surface area contributed by atoms with Crippen molar-refractivity contribution in [3.63, 3.8) is 0 Å². The summed E-state index contributed by atoms with van der Waals surface area (Å²) in [5, 5.41) is 88.0. The molecule has 0 aromatic heterocycles. The summed E-state index contributed by atoms with van der Waals surface area (Å²) < 4.78 is 23.0. The number of ether oxygens (including phenoxy) is 4. The molecule has 12 atom stereocenters. The van der Waals surface area contributed by atoms with Crippen LogP contribution in [0.25, 0.3) is 0 Å². The molecular weight excluding hydrogens is 1230 g/mol. The van der Waals surface area contributed by atoms with E-state index in [-0.39, 0.29) is 12.5 Å².